The van der Waals surface area contributed by atoms with Crippen molar-refractivity contribution in [3.8, 4) is 0 Å². The molecular weight excluding hydrogens is 184 g/mol. The standard InChI is InChI=1S/C10H14.C4H4O/c1-3-5-10-7-4-6-9(2)8-10;1-2-4-5-3-1/h4,6-8H,3,5H2,1-2H3;1-4H. The lowest BCUT2D eigenvalue weighted by Crippen LogP contribution is -1.82. The molecule has 15 heavy (non-hydrogen) atoms. The van der Waals surface area contributed by atoms with Crippen LogP contribution in [0.3, 0.4) is 0 Å². The van der Waals surface area contributed by atoms with Crippen LogP contribution in [0.5, 0.6) is 0 Å². The zero-order valence-corrected chi connectivity index (χ0v) is 9.44. The van der Waals surface area contributed by atoms with Crippen LogP contribution in [0.15, 0.2) is 53.3 Å². The minimum absolute atomic E-state index is 1.21. The molecule has 1 heteroatoms. The second kappa shape index (κ2) is 6.88. The van der Waals surface area contributed by atoms with Crippen molar-refractivity contribution in [3.63, 3.8) is 0 Å². The first-order valence-corrected chi connectivity index (χ1v) is 5.35. The summed E-state index contributed by atoms with van der Waals surface area (Å²) in [5, 5.41) is 0. The van der Waals surface area contributed by atoms with E-state index in [9.17, 15) is 0 Å². The second-order valence-electron chi connectivity index (χ2n) is 3.53. The first kappa shape index (κ1) is 11.6. The summed E-state index contributed by atoms with van der Waals surface area (Å²) in [6.07, 6.45) is 5.70. The van der Waals surface area contributed by atoms with Gasteiger partial charge in [0.2, 0.25) is 0 Å². The third-order valence-electron chi connectivity index (χ3n) is 2.05. The molecule has 0 saturated carbocycles. The SMILES string of the molecule is CCCc1cccc(C)c1.c1ccoc1. The van der Waals surface area contributed by atoms with Gasteiger partial charge in [0.05, 0.1) is 12.5 Å². The summed E-state index contributed by atoms with van der Waals surface area (Å²) in [4.78, 5) is 0. The van der Waals surface area contributed by atoms with Crippen molar-refractivity contribution in [1.82, 2.24) is 0 Å². The Kier molecular flexibility index (Phi) is 5.31. The maximum Gasteiger partial charge on any atom is 0.0902 e. The van der Waals surface area contributed by atoms with Gasteiger partial charge in [-0.2, -0.15) is 0 Å². The summed E-state index contributed by atoms with van der Waals surface area (Å²) in [6, 6.07) is 12.4. The zero-order valence-electron chi connectivity index (χ0n) is 9.44. The molecule has 1 aromatic carbocycles. The van der Waals surface area contributed by atoms with Crippen molar-refractivity contribution in [2.24, 2.45) is 0 Å². The van der Waals surface area contributed by atoms with Crippen molar-refractivity contribution in [3.05, 3.63) is 60.1 Å². The van der Waals surface area contributed by atoms with Gasteiger partial charge in [-0.05, 0) is 31.0 Å². The highest BCUT2D eigenvalue weighted by atomic mass is 16.3. The van der Waals surface area contributed by atoms with Crippen LogP contribution in [0.1, 0.15) is 24.5 Å². The Balaban J connectivity index is 0.000000187. The molecule has 0 aliphatic heterocycles. The summed E-state index contributed by atoms with van der Waals surface area (Å²) in [7, 11) is 0. The predicted molar refractivity (Wildman–Crippen MR) is 63.9 cm³/mol. The van der Waals surface area contributed by atoms with E-state index in [0.717, 1.165) is 0 Å². The summed E-state index contributed by atoms with van der Waals surface area (Å²) < 4.78 is 4.58. The van der Waals surface area contributed by atoms with Gasteiger partial charge in [0.15, 0.2) is 0 Å². The van der Waals surface area contributed by atoms with Crippen molar-refractivity contribution >= 4 is 0 Å². The highest BCUT2D eigenvalue weighted by molar-refractivity contribution is 5.21. The van der Waals surface area contributed by atoms with Gasteiger partial charge in [-0.3, -0.25) is 0 Å². The molecule has 0 N–H and O–H groups in total. The van der Waals surface area contributed by atoms with E-state index in [1.807, 2.05) is 12.1 Å². The number of hydrogen-bond acceptors (Lipinski definition) is 1. The summed E-state index contributed by atoms with van der Waals surface area (Å²) in [5.41, 5.74) is 2.83. The fraction of sp³-hybridized carbons (Fsp3) is 0.286. The van der Waals surface area contributed by atoms with E-state index < -0.39 is 0 Å². The topological polar surface area (TPSA) is 13.1 Å². The van der Waals surface area contributed by atoms with Gasteiger partial charge >= 0.3 is 0 Å². The molecule has 1 heterocycles. The van der Waals surface area contributed by atoms with E-state index in [4.69, 9.17) is 0 Å². The Morgan fingerprint density at radius 3 is 2.27 bits per heavy atom. The fourth-order valence-electron chi connectivity index (χ4n) is 1.38. The van der Waals surface area contributed by atoms with Gasteiger partial charge < -0.3 is 4.42 Å². The van der Waals surface area contributed by atoms with Crippen LogP contribution in [0.25, 0.3) is 0 Å². The van der Waals surface area contributed by atoms with Gasteiger partial charge in [-0.25, -0.2) is 0 Å². The fourth-order valence-corrected chi connectivity index (χ4v) is 1.38. The normalized spacial score (nSPS) is 9.20. The minimum atomic E-state index is 1.21. The van der Waals surface area contributed by atoms with E-state index >= 15 is 0 Å². The number of hydrogen-bond donors (Lipinski definition) is 0. The van der Waals surface area contributed by atoms with Crippen LogP contribution in [0.4, 0.5) is 0 Å². The van der Waals surface area contributed by atoms with E-state index in [0.29, 0.717) is 0 Å². The molecule has 0 radical (unpaired) electrons. The first-order chi connectivity index (χ1) is 7.33. The number of rotatable bonds is 2. The van der Waals surface area contributed by atoms with Crippen molar-refractivity contribution in [2.45, 2.75) is 26.7 Å². The molecule has 1 nitrogen and oxygen atoms in total. The van der Waals surface area contributed by atoms with Crippen LogP contribution in [-0.4, -0.2) is 0 Å². The maximum atomic E-state index is 4.58. The van der Waals surface area contributed by atoms with Gasteiger partial charge in [-0.1, -0.05) is 43.2 Å². The highest BCUT2D eigenvalue weighted by Crippen LogP contribution is 2.05. The Morgan fingerprint density at radius 2 is 1.80 bits per heavy atom. The van der Waals surface area contributed by atoms with Gasteiger partial charge in [0.1, 0.15) is 0 Å². The summed E-state index contributed by atoms with van der Waals surface area (Å²) in [6.45, 7) is 4.35. The molecule has 0 aliphatic rings. The molecule has 80 valence electrons. The lowest BCUT2D eigenvalue weighted by atomic mass is 10.1. The maximum absolute atomic E-state index is 4.58. The third kappa shape index (κ3) is 5.06. The highest BCUT2D eigenvalue weighted by Gasteiger charge is 1.88. The van der Waals surface area contributed by atoms with Gasteiger partial charge in [0, 0.05) is 0 Å². The average molecular weight is 202 g/mol. The summed E-state index contributed by atoms with van der Waals surface area (Å²) in [5.74, 6) is 0. The van der Waals surface area contributed by atoms with E-state index in [1.54, 1.807) is 12.5 Å². The van der Waals surface area contributed by atoms with Crippen molar-refractivity contribution < 1.29 is 4.42 Å². The van der Waals surface area contributed by atoms with Crippen molar-refractivity contribution in [2.75, 3.05) is 0 Å². The predicted octanol–water partition coefficient (Wildman–Crippen LogP) is 4.23. The molecule has 0 aliphatic carbocycles. The Hall–Kier alpha value is -1.50. The molecule has 2 rings (SSSR count). The van der Waals surface area contributed by atoms with Crippen LogP contribution in [0, 0.1) is 6.92 Å². The summed E-state index contributed by atoms with van der Waals surface area (Å²) >= 11 is 0. The molecule has 0 unspecified atom stereocenters. The van der Waals surface area contributed by atoms with Gasteiger partial charge in [0.25, 0.3) is 0 Å². The Bertz CT molecular complexity index is 332. The largest absolute Gasteiger partial charge is 0.473 e. The first-order valence-electron chi connectivity index (χ1n) is 5.35. The van der Waals surface area contributed by atoms with E-state index in [1.165, 1.54) is 24.0 Å². The monoisotopic (exact) mass is 202 g/mol. The number of furan rings is 1. The smallest absolute Gasteiger partial charge is 0.0902 e. The van der Waals surface area contributed by atoms with Crippen LogP contribution in [0.2, 0.25) is 0 Å². The minimum Gasteiger partial charge on any atom is -0.473 e. The lowest BCUT2D eigenvalue weighted by molar-refractivity contribution is 0.567. The van der Waals surface area contributed by atoms with E-state index in [2.05, 4.69) is 42.5 Å². The zero-order chi connectivity index (χ0) is 10.9. The van der Waals surface area contributed by atoms with Crippen LogP contribution < -0.4 is 0 Å². The van der Waals surface area contributed by atoms with Crippen LogP contribution in [-0.2, 0) is 6.42 Å². The quantitative estimate of drug-likeness (QED) is 0.710. The molecule has 0 bridgehead atoms. The van der Waals surface area contributed by atoms with Gasteiger partial charge in [-0.15, -0.1) is 0 Å². The Morgan fingerprint density at radius 1 is 1.07 bits per heavy atom. The molecular formula is C14H18O. The molecule has 0 spiro atoms. The second-order valence-corrected chi connectivity index (χ2v) is 3.53. The molecule has 2 aromatic rings. The van der Waals surface area contributed by atoms with Crippen LogP contribution >= 0.6 is 0 Å². The molecule has 0 atom stereocenters. The van der Waals surface area contributed by atoms with Crippen molar-refractivity contribution in [1.29, 1.82) is 0 Å². The van der Waals surface area contributed by atoms with E-state index in [-0.39, 0.29) is 0 Å². The third-order valence-corrected chi connectivity index (χ3v) is 2.05. The number of benzene rings is 1. The average Bonchev–Trinajstić information content (AvgIpc) is 2.76. The molecule has 0 saturated heterocycles. The molecule has 0 fully saturated rings. The Labute approximate surface area is 91.7 Å². The molecule has 0 amide bonds. The number of aryl methyl sites for hydroxylation is 2. The molecule has 1 aromatic heterocycles. The lowest BCUT2D eigenvalue weighted by Gasteiger charge is -1.97.